The van der Waals surface area contributed by atoms with E-state index in [9.17, 15) is 4.79 Å². The molecular weight excluding hydrogens is 332 g/mol. The van der Waals surface area contributed by atoms with Crippen molar-refractivity contribution >= 4 is 21.9 Å². The molecule has 2 aromatic carbocycles. The van der Waals surface area contributed by atoms with E-state index < -0.39 is 0 Å². The van der Waals surface area contributed by atoms with Crippen LogP contribution in [0.15, 0.2) is 54.6 Å². The molecule has 0 bridgehead atoms. The molecule has 0 aliphatic rings. The molecule has 0 aliphatic carbocycles. The summed E-state index contributed by atoms with van der Waals surface area (Å²) in [4.78, 5) is 11.7. The van der Waals surface area contributed by atoms with Crippen LogP contribution in [0, 0.1) is 0 Å². The third-order valence-corrected chi connectivity index (χ3v) is 3.97. The number of esters is 1. The van der Waals surface area contributed by atoms with Gasteiger partial charge < -0.3 is 9.47 Å². The van der Waals surface area contributed by atoms with Crippen LogP contribution in [0.4, 0.5) is 0 Å². The summed E-state index contributed by atoms with van der Waals surface area (Å²) in [5.74, 6) is 0.379. The Labute approximate surface area is 133 Å². The Morgan fingerprint density at radius 1 is 1.10 bits per heavy atom. The zero-order valence-corrected chi connectivity index (χ0v) is 13.4. The number of para-hydroxylation sites is 1. The van der Waals surface area contributed by atoms with Gasteiger partial charge in [-0.3, -0.25) is 0 Å². The molecule has 0 spiro atoms. The van der Waals surface area contributed by atoms with Crippen LogP contribution in [0.3, 0.4) is 0 Å². The molecule has 0 radical (unpaired) electrons. The summed E-state index contributed by atoms with van der Waals surface area (Å²) < 4.78 is 10.6. The van der Waals surface area contributed by atoms with Gasteiger partial charge in [0.2, 0.25) is 0 Å². The summed E-state index contributed by atoms with van der Waals surface area (Å²) in [6, 6.07) is 17.3. The average Bonchev–Trinajstić information content (AvgIpc) is 2.56. The number of halogens is 1. The first-order valence-corrected chi connectivity index (χ1v) is 7.79. The van der Waals surface area contributed by atoms with Gasteiger partial charge in [-0.15, -0.1) is 0 Å². The lowest BCUT2D eigenvalue weighted by atomic mass is 10.0. The number of benzene rings is 2. The summed E-state index contributed by atoms with van der Waals surface area (Å²) in [5, 5.41) is 0.789. The Hall–Kier alpha value is -1.81. The van der Waals surface area contributed by atoms with Crippen molar-refractivity contribution in [2.24, 2.45) is 0 Å². The molecule has 110 valence electrons. The van der Waals surface area contributed by atoms with Gasteiger partial charge in [0.25, 0.3) is 0 Å². The molecule has 21 heavy (non-hydrogen) atoms. The molecule has 0 aromatic heterocycles. The highest BCUT2D eigenvalue weighted by atomic mass is 79.9. The Morgan fingerprint density at radius 2 is 1.76 bits per heavy atom. The Morgan fingerprint density at radius 3 is 2.43 bits per heavy atom. The van der Waals surface area contributed by atoms with E-state index in [2.05, 4.69) is 28.1 Å². The highest BCUT2D eigenvalue weighted by Crippen LogP contribution is 2.23. The number of hydrogen-bond acceptors (Lipinski definition) is 3. The standard InChI is InChI=1S/C17H17BrO3/c1-20-17(19)15-9-5-6-10-16(15)21-12-14(11-18)13-7-3-2-4-8-13/h2-10,14H,11-12H2,1H3. The van der Waals surface area contributed by atoms with Crippen molar-refractivity contribution in [1.29, 1.82) is 0 Å². The van der Waals surface area contributed by atoms with E-state index in [1.807, 2.05) is 24.3 Å². The Bertz CT molecular complexity index is 584. The van der Waals surface area contributed by atoms with Crippen LogP contribution in [0.5, 0.6) is 5.75 Å². The molecule has 0 fully saturated rings. The zero-order valence-electron chi connectivity index (χ0n) is 11.8. The van der Waals surface area contributed by atoms with Gasteiger partial charge >= 0.3 is 5.97 Å². The smallest absolute Gasteiger partial charge is 0.341 e. The molecule has 4 heteroatoms. The molecule has 1 atom stereocenters. The molecule has 0 heterocycles. The molecule has 3 nitrogen and oxygen atoms in total. The summed E-state index contributed by atoms with van der Waals surface area (Å²) in [6.45, 7) is 0.489. The highest BCUT2D eigenvalue weighted by Gasteiger charge is 2.15. The second-order valence-corrected chi connectivity index (χ2v) is 5.21. The van der Waals surface area contributed by atoms with E-state index in [0.717, 1.165) is 5.33 Å². The maximum atomic E-state index is 11.7. The minimum Gasteiger partial charge on any atom is -0.492 e. The topological polar surface area (TPSA) is 35.5 Å². The van der Waals surface area contributed by atoms with Crippen molar-refractivity contribution in [2.75, 3.05) is 19.0 Å². The normalized spacial score (nSPS) is 11.7. The number of alkyl halides is 1. The van der Waals surface area contributed by atoms with Crippen molar-refractivity contribution in [3.63, 3.8) is 0 Å². The number of carbonyl (C=O) groups is 1. The minimum absolute atomic E-state index is 0.219. The van der Waals surface area contributed by atoms with Crippen molar-refractivity contribution in [3.8, 4) is 5.75 Å². The molecule has 0 saturated carbocycles. The van der Waals surface area contributed by atoms with Crippen molar-refractivity contribution in [3.05, 3.63) is 65.7 Å². The van der Waals surface area contributed by atoms with Crippen molar-refractivity contribution in [2.45, 2.75) is 5.92 Å². The third kappa shape index (κ3) is 4.08. The average molecular weight is 349 g/mol. The second-order valence-electron chi connectivity index (χ2n) is 4.56. The van der Waals surface area contributed by atoms with E-state index in [4.69, 9.17) is 9.47 Å². The SMILES string of the molecule is COC(=O)c1ccccc1OCC(CBr)c1ccccc1. The van der Waals surface area contributed by atoms with Crippen LogP contribution in [0.1, 0.15) is 21.8 Å². The van der Waals surface area contributed by atoms with Crippen LogP contribution in [0.25, 0.3) is 0 Å². The van der Waals surface area contributed by atoms with Gasteiger partial charge in [-0.2, -0.15) is 0 Å². The maximum absolute atomic E-state index is 11.7. The van der Waals surface area contributed by atoms with Gasteiger partial charge in [-0.1, -0.05) is 58.4 Å². The van der Waals surface area contributed by atoms with E-state index in [-0.39, 0.29) is 11.9 Å². The largest absolute Gasteiger partial charge is 0.492 e. The molecule has 2 rings (SSSR count). The number of methoxy groups -OCH3 is 1. The zero-order chi connectivity index (χ0) is 15.1. The Balaban J connectivity index is 2.10. The van der Waals surface area contributed by atoms with Crippen molar-refractivity contribution in [1.82, 2.24) is 0 Å². The third-order valence-electron chi connectivity index (χ3n) is 3.19. The second kappa shape index (κ2) is 7.84. The van der Waals surface area contributed by atoms with Gasteiger partial charge in [-0.25, -0.2) is 4.79 Å². The first-order valence-electron chi connectivity index (χ1n) is 6.67. The fourth-order valence-corrected chi connectivity index (χ4v) is 2.58. The molecule has 0 aliphatic heterocycles. The minimum atomic E-state index is -0.388. The van der Waals surface area contributed by atoms with Crippen LogP contribution >= 0.6 is 15.9 Å². The molecule has 0 amide bonds. The lowest BCUT2D eigenvalue weighted by Crippen LogP contribution is -2.13. The van der Waals surface area contributed by atoms with Gasteiger partial charge in [0.05, 0.1) is 13.7 Å². The molecular formula is C17H17BrO3. The van der Waals surface area contributed by atoms with Crippen LogP contribution in [-0.4, -0.2) is 25.0 Å². The van der Waals surface area contributed by atoms with Crippen LogP contribution < -0.4 is 4.74 Å². The van der Waals surface area contributed by atoms with Gasteiger partial charge in [0.1, 0.15) is 11.3 Å². The molecule has 2 aromatic rings. The number of rotatable bonds is 6. The van der Waals surface area contributed by atoms with E-state index in [1.54, 1.807) is 18.2 Å². The predicted molar refractivity (Wildman–Crippen MR) is 86.3 cm³/mol. The monoisotopic (exact) mass is 348 g/mol. The van der Waals surface area contributed by atoms with Gasteiger partial charge in [0, 0.05) is 11.2 Å². The number of hydrogen-bond donors (Lipinski definition) is 0. The maximum Gasteiger partial charge on any atom is 0.341 e. The molecule has 0 N–H and O–H groups in total. The number of carbonyl (C=O) groups excluding carboxylic acids is 1. The number of ether oxygens (including phenoxy) is 2. The first kappa shape index (κ1) is 15.6. The van der Waals surface area contributed by atoms with Gasteiger partial charge in [-0.05, 0) is 17.7 Å². The van der Waals surface area contributed by atoms with Gasteiger partial charge in [0.15, 0.2) is 0 Å². The quantitative estimate of drug-likeness (QED) is 0.584. The summed E-state index contributed by atoms with van der Waals surface area (Å²) in [6.07, 6.45) is 0. The Kier molecular flexibility index (Phi) is 5.81. The van der Waals surface area contributed by atoms with Crippen molar-refractivity contribution < 1.29 is 14.3 Å². The lowest BCUT2D eigenvalue weighted by molar-refractivity contribution is 0.0595. The summed E-state index contributed by atoms with van der Waals surface area (Å²) >= 11 is 3.52. The first-order chi connectivity index (χ1) is 10.3. The molecule has 1 unspecified atom stereocenters. The highest BCUT2D eigenvalue weighted by molar-refractivity contribution is 9.09. The van der Waals surface area contributed by atoms with E-state index in [0.29, 0.717) is 17.9 Å². The summed E-state index contributed by atoms with van der Waals surface area (Å²) in [7, 11) is 1.37. The van der Waals surface area contributed by atoms with E-state index >= 15 is 0 Å². The lowest BCUT2D eigenvalue weighted by Gasteiger charge is -2.17. The predicted octanol–water partition coefficient (Wildman–Crippen LogP) is 4.03. The van der Waals surface area contributed by atoms with Crippen LogP contribution in [0.2, 0.25) is 0 Å². The summed E-state index contributed by atoms with van der Waals surface area (Å²) in [5.41, 5.74) is 1.64. The molecule has 0 saturated heterocycles. The fraction of sp³-hybridized carbons (Fsp3) is 0.235. The van der Waals surface area contributed by atoms with Crippen LogP contribution in [-0.2, 0) is 4.74 Å². The van der Waals surface area contributed by atoms with E-state index in [1.165, 1.54) is 12.7 Å². The fourth-order valence-electron chi connectivity index (χ4n) is 2.02.